The predicted octanol–water partition coefficient (Wildman–Crippen LogP) is -0.809. The van der Waals surface area contributed by atoms with Crippen molar-refractivity contribution < 1.29 is 9.59 Å². The van der Waals surface area contributed by atoms with E-state index in [1.807, 2.05) is 5.38 Å². The molecule has 2 amide bonds. The average molecular weight is 254 g/mol. The smallest absolute Gasteiger partial charge is 0.311 e. The SMILES string of the molecule is O=C(NCc1cscn1)C(=O)N1CCNCC1. The predicted molar refractivity (Wildman–Crippen MR) is 63.4 cm³/mol. The molecule has 0 unspecified atom stereocenters. The minimum Gasteiger partial charge on any atom is -0.342 e. The van der Waals surface area contributed by atoms with Crippen molar-refractivity contribution in [3.05, 3.63) is 16.6 Å². The molecule has 2 N–H and O–H groups in total. The Balaban J connectivity index is 1.80. The molecule has 7 heteroatoms. The molecular weight excluding hydrogens is 240 g/mol. The number of amides is 2. The Hall–Kier alpha value is -1.47. The molecule has 2 rings (SSSR count). The first-order valence-corrected chi connectivity index (χ1v) is 6.36. The van der Waals surface area contributed by atoms with Crippen molar-refractivity contribution in [1.82, 2.24) is 20.5 Å². The maximum Gasteiger partial charge on any atom is 0.311 e. The second-order valence-electron chi connectivity index (χ2n) is 3.70. The molecule has 17 heavy (non-hydrogen) atoms. The minimum atomic E-state index is -0.556. The number of hydrogen-bond donors (Lipinski definition) is 2. The molecule has 0 spiro atoms. The molecule has 1 fully saturated rings. The molecule has 0 aromatic carbocycles. The summed E-state index contributed by atoms with van der Waals surface area (Å²) in [5.41, 5.74) is 2.47. The number of hydrogen-bond acceptors (Lipinski definition) is 5. The lowest BCUT2D eigenvalue weighted by Gasteiger charge is -2.26. The van der Waals surface area contributed by atoms with Crippen LogP contribution in [-0.2, 0) is 16.1 Å². The number of rotatable bonds is 2. The van der Waals surface area contributed by atoms with Crippen molar-refractivity contribution in [2.45, 2.75) is 6.54 Å². The van der Waals surface area contributed by atoms with Gasteiger partial charge in [0.05, 0.1) is 17.7 Å². The summed E-state index contributed by atoms with van der Waals surface area (Å²) in [5, 5.41) is 7.55. The lowest BCUT2D eigenvalue weighted by atomic mass is 10.3. The van der Waals surface area contributed by atoms with Gasteiger partial charge in [0.2, 0.25) is 0 Å². The molecule has 0 aliphatic carbocycles. The van der Waals surface area contributed by atoms with Gasteiger partial charge in [0.25, 0.3) is 0 Å². The molecule has 1 aromatic rings. The maximum atomic E-state index is 11.7. The summed E-state index contributed by atoms with van der Waals surface area (Å²) in [7, 11) is 0. The third-order valence-corrected chi connectivity index (χ3v) is 3.15. The quantitative estimate of drug-likeness (QED) is 0.677. The highest BCUT2D eigenvalue weighted by Gasteiger charge is 2.22. The number of aromatic nitrogens is 1. The topological polar surface area (TPSA) is 74.3 Å². The number of carbonyl (C=O) groups is 2. The van der Waals surface area contributed by atoms with Crippen LogP contribution in [0.4, 0.5) is 0 Å². The second kappa shape index (κ2) is 5.74. The Labute approximate surface area is 103 Å². The lowest BCUT2D eigenvalue weighted by molar-refractivity contribution is -0.146. The number of carbonyl (C=O) groups excluding carboxylic acids is 2. The first-order valence-electron chi connectivity index (χ1n) is 5.42. The van der Waals surface area contributed by atoms with E-state index in [9.17, 15) is 9.59 Å². The van der Waals surface area contributed by atoms with Gasteiger partial charge in [-0.25, -0.2) is 4.98 Å². The number of nitrogens with one attached hydrogen (secondary N) is 2. The van der Waals surface area contributed by atoms with Crippen molar-refractivity contribution in [2.24, 2.45) is 0 Å². The third kappa shape index (κ3) is 3.24. The standard InChI is InChI=1S/C10H14N4O2S/c15-9(12-5-8-6-17-7-13-8)10(16)14-3-1-11-2-4-14/h6-7,11H,1-5H2,(H,12,15). The minimum absolute atomic E-state index is 0.306. The monoisotopic (exact) mass is 254 g/mol. The molecule has 1 aliphatic heterocycles. The van der Waals surface area contributed by atoms with E-state index in [1.54, 1.807) is 10.4 Å². The summed E-state index contributed by atoms with van der Waals surface area (Å²) in [6, 6.07) is 0. The van der Waals surface area contributed by atoms with Gasteiger partial charge in [-0.05, 0) is 0 Å². The van der Waals surface area contributed by atoms with Crippen molar-refractivity contribution in [2.75, 3.05) is 26.2 Å². The summed E-state index contributed by atoms with van der Waals surface area (Å²) in [5.74, 6) is -1.01. The first-order chi connectivity index (χ1) is 8.27. The maximum absolute atomic E-state index is 11.7. The molecule has 0 radical (unpaired) electrons. The molecule has 1 aliphatic rings. The Morgan fingerprint density at radius 1 is 1.47 bits per heavy atom. The fourth-order valence-electron chi connectivity index (χ4n) is 1.58. The highest BCUT2D eigenvalue weighted by atomic mass is 32.1. The van der Waals surface area contributed by atoms with Crippen molar-refractivity contribution in [3.63, 3.8) is 0 Å². The van der Waals surface area contributed by atoms with Gasteiger partial charge in [-0.2, -0.15) is 0 Å². The number of thiazole rings is 1. The van der Waals surface area contributed by atoms with Crippen LogP contribution in [0.1, 0.15) is 5.69 Å². The Kier molecular flexibility index (Phi) is 4.05. The third-order valence-electron chi connectivity index (χ3n) is 2.51. The lowest BCUT2D eigenvalue weighted by Crippen LogP contribution is -2.51. The van der Waals surface area contributed by atoms with Gasteiger partial charge in [-0.15, -0.1) is 11.3 Å². The van der Waals surface area contributed by atoms with E-state index in [1.165, 1.54) is 11.3 Å². The van der Waals surface area contributed by atoms with Crippen molar-refractivity contribution in [3.8, 4) is 0 Å². The van der Waals surface area contributed by atoms with E-state index in [0.717, 1.165) is 18.8 Å². The summed E-state index contributed by atoms with van der Waals surface area (Å²) >= 11 is 1.46. The molecule has 0 saturated carbocycles. The summed E-state index contributed by atoms with van der Waals surface area (Å²) in [6.45, 7) is 2.96. The highest BCUT2D eigenvalue weighted by molar-refractivity contribution is 7.07. The van der Waals surface area contributed by atoms with Gasteiger partial charge < -0.3 is 15.5 Å². The van der Waals surface area contributed by atoms with E-state index in [2.05, 4.69) is 15.6 Å². The van der Waals surface area contributed by atoms with E-state index in [4.69, 9.17) is 0 Å². The molecule has 2 heterocycles. The Bertz CT molecular complexity index is 387. The van der Waals surface area contributed by atoms with Crippen LogP contribution >= 0.6 is 11.3 Å². The zero-order valence-corrected chi connectivity index (χ0v) is 10.1. The molecule has 92 valence electrons. The molecular formula is C10H14N4O2S. The van der Waals surface area contributed by atoms with Crippen LogP contribution < -0.4 is 10.6 Å². The van der Waals surface area contributed by atoms with Crippen LogP contribution in [-0.4, -0.2) is 47.9 Å². The highest BCUT2D eigenvalue weighted by Crippen LogP contribution is 2.00. The molecule has 6 nitrogen and oxygen atoms in total. The second-order valence-corrected chi connectivity index (χ2v) is 4.42. The van der Waals surface area contributed by atoms with Crippen LogP contribution in [0.15, 0.2) is 10.9 Å². The van der Waals surface area contributed by atoms with Crippen LogP contribution in [0.3, 0.4) is 0 Å². The number of nitrogens with zero attached hydrogens (tertiary/aromatic N) is 2. The van der Waals surface area contributed by atoms with E-state index >= 15 is 0 Å². The first kappa shape index (κ1) is 12.0. The van der Waals surface area contributed by atoms with Gasteiger partial charge in [-0.1, -0.05) is 0 Å². The number of piperazine rings is 1. The zero-order chi connectivity index (χ0) is 12.1. The van der Waals surface area contributed by atoms with Crippen LogP contribution in [0.5, 0.6) is 0 Å². The largest absolute Gasteiger partial charge is 0.342 e. The van der Waals surface area contributed by atoms with E-state index in [-0.39, 0.29) is 0 Å². The van der Waals surface area contributed by atoms with E-state index in [0.29, 0.717) is 19.6 Å². The molecule has 1 aromatic heterocycles. The van der Waals surface area contributed by atoms with E-state index < -0.39 is 11.8 Å². The summed E-state index contributed by atoms with van der Waals surface area (Å²) < 4.78 is 0. The van der Waals surface area contributed by atoms with Gasteiger partial charge in [0.15, 0.2) is 0 Å². The van der Waals surface area contributed by atoms with Crippen LogP contribution in [0.25, 0.3) is 0 Å². The van der Waals surface area contributed by atoms with Crippen LogP contribution in [0.2, 0.25) is 0 Å². The van der Waals surface area contributed by atoms with Gasteiger partial charge in [0, 0.05) is 31.6 Å². The van der Waals surface area contributed by atoms with Gasteiger partial charge in [-0.3, -0.25) is 9.59 Å². The van der Waals surface area contributed by atoms with Crippen molar-refractivity contribution in [1.29, 1.82) is 0 Å². The van der Waals surface area contributed by atoms with Crippen LogP contribution in [0, 0.1) is 0 Å². The summed E-state index contributed by atoms with van der Waals surface area (Å²) in [4.78, 5) is 28.9. The Morgan fingerprint density at radius 2 is 2.24 bits per heavy atom. The van der Waals surface area contributed by atoms with Gasteiger partial charge in [0.1, 0.15) is 0 Å². The van der Waals surface area contributed by atoms with Gasteiger partial charge >= 0.3 is 11.8 Å². The zero-order valence-electron chi connectivity index (χ0n) is 9.31. The molecule has 1 saturated heterocycles. The fraction of sp³-hybridized carbons (Fsp3) is 0.500. The molecule has 0 bridgehead atoms. The summed E-state index contributed by atoms with van der Waals surface area (Å²) in [6.07, 6.45) is 0. The molecule has 0 atom stereocenters. The normalized spacial score (nSPS) is 15.6. The Morgan fingerprint density at radius 3 is 2.88 bits per heavy atom. The van der Waals surface area contributed by atoms with Crippen molar-refractivity contribution >= 4 is 23.2 Å². The fourth-order valence-corrected chi connectivity index (χ4v) is 2.14. The average Bonchev–Trinajstić information content (AvgIpc) is 2.89.